The van der Waals surface area contributed by atoms with Gasteiger partial charge in [-0.1, -0.05) is 6.92 Å². The quantitative estimate of drug-likeness (QED) is 0.823. The molecule has 0 spiro atoms. The Morgan fingerprint density at radius 3 is 2.36 bits per heavy atom. The lowest BCUT2D eigenvalue weighted by Crippen LogP contribution is -2.41. The molecule has 1 aliphatic heterocycles. The summed E-state index contributed by atoms with van der Waals surface area (Å²) in [5.41, 5.74) is -0.188. The molecule has 1 saturated heterocycles. The van der Waals surface area contributed by atoms with Crippen molar-refractivity contribution in [2.45, 2.75) is 45.1 Å². The van der Waals surface area contributed by atoms with Gasteiger partial charge in [0.25, 0.3) is 11.8 Å². The lowest BCUT2D eigenvalue weighted by atomic mass is 10.0. The van der Waals surface area contributed by atoms with Crippen LogP contribution in [0.2, 0.25) is 0 Å². The SMILES string of the molecule is CCC(C)(OC)C(=O)Nc1ccc(OCC(=O)N2CCCCC2)cc1. The second-order valence-corrected chi connectivity index (χ2v) is 6.50. The van der Waals surface area contributed by atoms with E-state index in [0.29, 0.717) is 17.9 Å². The molecule has 138 valence electrons. The molecule has 1 atom stereocenters. The normalized spacial score (nSPS) is 16.8. The van der Waals surface area contributed by atoms with Crippen molar-refractivity contribution in [1.29, 1.82) is 0 Å². The van der Waals surface area contributed by atoms with Crippen LogP contribution in [0.3, 0.4) is 0 Å². The van der Waals surface area contributed by atoms with Gasteiger partial charge in [-0.05, 0) is 56.9 Å². The van der Waals surface area contributed by atoms with Crippen molar-refractivity contribution >= 4 is 17.5 Å². The van der Waals surface area contributed by atoms with E-state index in [-0.39, 0.29) is 18.4 Å². The lowest BCUT2D eigenvalue weighted by Gasteiger charge is -2.26. The van der Waals surface area contributed by atoms with Crippen molar-refractivity contribution < 1.29 is 19.1 Å². The molecule has 2 rings (SSSR count). The van der Waals surface area contributed by atoms with Crippen LogP contribution in [0.5, 0.6) is 5.75 Å². The van der Waals surface area contributed by atoms with E-state index in [1.54, 1.807) is 31.2 Å². The number of piperidine rings is 1. The minimum atomic E-state index is -0.851. The highest BCUT2D eigenvalue weighted by molar-refractivity contribution is 5.97. The van der Waals surface area contributed by atoms with Gasteiger partial charge in [-0.15, -0.1) is 0 Å². The Bertz CT molecular complexity index is 576. The largest absolute Gasteiger partial charge is 0.484 e. The first-order valence-corrected chi connectivity index (χ1v) is 8.86. The van der Waals surface area contributed by atoms with Crippen LogP contribution >= 0.6 is 0 Å². The summed E-state index contributed by atoms with van der Waals surface area (Å²) in [4.78, 5) is 26.2. The van der Waals surface area contributed by atoms with Crippen LogP contribution in [0.4, 0.5) is 5.69 Å². The number of ether oxygens (including phenoxy) is 2. The van der Waals surface area contributed by atoms with Crippen molar-refractivity contribution in [2.24, 2.45) is 0 Å². The van der Waals surface area contributed by atoms with E-state index < -0.39 is 5.60 Å². The fourth-order valence-corrected chi connectivity index (χ4v) is 2.68. The maximum atomic E-state index is 12.3. The van der Waals surface area contributed by atoms with E-state index in [4.69, 9.17) is 9.47 Å². The smallest absolute Gasteiger partial charge is 0.260 e. The number of hydrogen-bond acceptors (Lipinski definition) is 4. The number of carbonyl (C=O) groups is 2. The highest BCUT2D eigenvalue weighted by Gasteiger charge is 2.30. The minimum absolute atomic E-state index is 0.0240. The number of likely N-dealkylation sites (tertiary alicyclic amines) is 1. The molecule has 6 nitrogen and oxygen atoms in total. The van der Waals surface area contributed by atoms with Crippen LogP contribution < -0.4 is 10.1 Å². The average molecular weight is 348 g/mol. The first kappa shape index (κ1) is 19.2. The zero-order valence-electron chi connectivity index (χ0n) is 15.3. The van der Waals surface area contributed by atoms with E-state index in [0.717, 1.165) is 25.9 Å². The summed E-state index contributed by atoms with van der Waals surface area (Å²) in [6.45, 7) is 5.35. The number of amides is 2. The van der Waals surface area contributed by atoms with Gasteiger partial charge in [0.2, 0.25) is 0 Å². The van der Waals surface area contributed by atoms with Crippen LogP contribution in [0.15, 0.2) is 24.3 Å². The summed E-state index contributed by atoms with van der Waals surface area (Å²) in [5.74, 6) is 0.440. The van der Waals surface area contributed by atoms with Crippen LogP contribution in [-0.2, 0) is 14.3 Å². The molecule has 1 heterocycles. The number of methoxy groups -OCH3 is 1. The molecule has 1 aliphatic rings. The Kier molecular flexibility index (Phi) is 6.82. The predicted molar refractivity (Wildman–Crippen MR) is 96.7 cm³/mol. The first-order chi connectivity index (χ1) is 12.0. The molecule has 25 heavy (non-hydrogen) atoms. The van der Waals surface area contributed by atoms with E-state index in [9.17, 15) is 9.59 Å². The number of hydrogen-bond donors (Lipinski definition) is 1. The molecular formula is C19H28N2O4. The van der Waals surface area contributed by atoms with Crippen LogP contribution in [-0.4, -0.2) is 49.1 Å². The van der Waals surface area contributed by atoms with E-state index >= 15 is 0 Å². The number of nitrogens with zero attached hydrogens (tertiary/aromatic N) is 1. The zero-order chi connectivity index (χ0) is 18.3. The second kappa shape index (κ2) is 8.85. The molecule has 1 aromatic carbocycles. The lowest BCUT2D eigenvalue weighted by molar-refractivity contribution is -0.136. The maximum Gasteiger partial charge on any atom is 0.260 e. The van der Waals surface area contributed by atoms with Gasteiger partial charge in [0.05, 0.1) is 0 Å². The maximum absolute atomic E-state index is 12.3. The zero-order valence-corrected chi connectivity index (χ0v) is 15.3. The Hall–Kier alpha value is -2.08. The molecule has 1 N–H and O–H groups in total. The molecule has 1 unspecified atom stereocenters. The standard InChI is InChI=1S/C19H28N2O4/c1-4-19(2,24-3)18(23)20-15-8-10-16(11-9-15)25-14-17(22)21-12-6-5-7-13-21/h8-11H,4-7,12-14H2,1-3H3,(H,20,23). The van der Waals surface area contributed by atoms with Gasteiger partial charge >= 0.3 is 0 Å². The average Bonchev–Trinajstić information content (AvgIpc) is 2.67. The van der Waals surface area contributed by atoms with Crippen molar-refractivity contribution in [3.05, 3.63) is 24.3 Å². The van der Waals surface area contributed by atoms with Gasteiger partial charge in [0.15, 0.2) is 6.61 Å². The van der Waals surface area contributed by atoms with Crippen LogP contribution in [0.25, 0.3) is 0 Å². The molecule has 1 aromatic rings. The van der Waals surface area contributed by atoms with E-state index in [1.807, 2.05) is 11.8 Å². The van der Waals surface area contributed by atoms with Gasteiger partial charge in [0, 0.05) is 25.9 Å². The molecule has 0 aliphatic carbocycles. The van der Waals surface area contributed by atoms with Crippen molar-refractivity contribution in [1.82, 2.24) is 4.90 Å². The Morgan fingerprint density at radius 2 is 1.80 bits per heavy atom. The van der Waals surface area contributed by atoms with Gasteiger partial charge < -0.3 is 19.7 Å². The fraction of sp³-hybridized carbons (Fsp3) is 0.579. The molecule has 0 bridgehead atoms. The Labute approximate surface area is 149 Å². The third-order valence-corrected chi connectivity index (χ3v) is 4.79. The number of carbonyl (C=O) groups excluding carboxylic acids is 2. The van der Waals surface area contributed by atoms with Gasteiger partial charge in [-0.3, -0.25) is 9.59 Å². The fourth-order valence-electron chi connectivity index (χ4n) is 2.68. The molecule has 0 aromatic heterocycles. The third kappa shape index (κ3) is 5.19. The summed E-state index contributed by atoms with van der Waals surface area (Å²) in [7, 11) is 1.53. The molecule has 1 fully saturated rings. The van der Waals surface area contributed by atoms with E-state index in [1.165, 1.54) is 13.5 Å². The van der Waals surface area contributed by atoms with Gasteiger partial charge in [-0.2, -0.15) is 0 Å². The highest BCUT2D eigenvalue weighted by Crippen LogP contribution is 2.20. The Balaban J connectivity index is 1.85. The van der Waals surface area contributed by atoms with Crippen molar-refractivity contribution in [2.75, 3.05) is 32.1 Å². The van der Waals surface area contributed by atoms with Crippen molar-refractivity contribution in [3.63, 3.8) is 0 Å². The predicted octanol–water partition coefficient (Wildman–Crippen LogP) is 2.83. The van der Waals surface area contributed by atoms with Gasteiger partial charge in [-0.25, -0.2) is 0 Å². The van der Waals surface area contributed by atoms with Gasteiger partial charge in [0.1, 0.15) is 11.4 Å². The minimum Gasteiger partial charge on any atom is -0.484 e. The number of anilines is 1. The summed E-state index contributed by atoms with van der Waals surface area (Å²) in [6.07, 6.45) is 3.91. The monoisotopic (exact) mass is 348 g/mol. The topological polar surface area (TPSA) is 67.9 Å². The second-order valence-electron chi connectivity index (χ2n) is 6.50. The summed E-state index contributed by atoms with van der Waals surface area (Å²) < 4.78 is 10.9. The number of rotatable bonds is 7. The summed E-state index contributed by atoms with van der Waals surface area (Å²) in [5, 5.41) is 2.83. The first-order valence-electron chi connectivity index (χ1n) is 8.86. The summed E-state index contributed by atoms with van der Waals surface area (Å²) in [6, 6.07) is 7.00. The third-order valence-electron chi connectivity index (χ3n) is 4.79. The van der Waals surface area contributed by atoms with Crippen molar-refractivity contribution in [3.8, 4) is 5.75 Å². The highest BCUT2D eigenvalue weighted by atomic mass is 16.5. The molecule has 0 radical (unpaired) electrons. The molecule has 2 amide bonds. The molecule has 6 heteroatoms. The summed E-state index contributed by atoms with van der Waals surface area (Å²) >= 11 is 0. The van der Waals surface area contributed by atoms with Crippen LogP contribution in [0.1, 0.15) is 39.5 Å². The van der Waals surface area contributed by atoms with E-state index in [2.05, 4.69) is 5.32 Å². The molecule has 0 saturated carbocycles. The number of benzene rings is 1. The Morgan fingerprint density at radius 1 is 1.16 bits per heavy atom. The number of nitrogens with one attached hydrogen (secondary N) is 1. The molecular weight excluding hydrogens is 320 g/mol. The van der Waals surface area contributed by atoms with Crippen LogP contribution in [0, 0.1) is 0 Å².